The molecule has 0 saturated heterocycles. The zero-order valence-corrected chi connectivity index (χ0v) is 37.9. The van der Waals surface area contributed by atoms with Crippen molar-refractivity contribution in [2.24, 2.45) is 23.7 Å². The van der Waals surface area contributed by atoms with Crippen LogP contribution in [0.3, 0.4) is 0 Å². The van der Waals surface area contributed by atoms with Crippen LogP contribution in [0.15, 0.2) is 0 Å². The van der Waals surface area contributed by atoms with Gasteiger partial charge in [0.1, 0.15) is 78.9 Å². The lowest BCUT2D eigenvalue weighted by atomic mass is 9.86. The van der Waals surface area contributed by atoms with Crippen molar-refractivity contribution in [1.29, 1.82) is 0 Å². The van der Waals surface area contributed by atoms with Gasteiger partial charge in [0.05, 0.1) is 62.4 Å². The Balaban J connectivity index is 7.04. The molecule has 0 aliphatic heterocycles. The second kappa shape index (κ2) is 31.6. The van der Waals surface area contributed by atoms with Crippen molar-refractivity contribution < 1.29 is 125 Å². The van der Waals surface area contributed by atoms with Gasteiger partial charge in [-0.2, -0.15) is 12.6 Å². The number of aliphatic carboxylic acids is 1. The van der Waals surface area contributed by atoms with Crippen LogP contribution in [0.25, 0.3) is 0 Å². The SMILES string of the molecule is [CH][C@H](CC(=O)[C@@H](NC(=O)[C@@H](CC(=O)[C@H]([CH])NC(=O)[C@@H](CC(=O)CC)[C@@H](O)[C@H](O)[C@H](O)CO)[C@@H](O)[C@H](O)[C@H](O)CO)[C@@H](O)[C@H](O)[C@H](O)CO)C(=O)N[C@H](C(=O)C[C@@H](CS)C(=O)O)[C@@H](O)[C@H](O)[C@H](O)CO. The Morgan fingerprint density at radius 1 is 0.464 bits per heavy atom. The summed E-state index contributed by atoms with van der Waals surface area (Å²) in [7, 11) is 0. The van der Waals surface area contributed by atoms with Crippen molar-refractivity contribution in [3.8, 4) is 0 Å². The lowest BCUT2D eigenvalue weighted by molar-refractivity contribution is -0.149. The van der Waals surface area contributed by atoms with E-state index in [0.717, 1.165) is 0 Å². The van der Waals surface area contributed by atoms with Gasteiger partial charge in [-0.05, 0) is 13.8 Å². The normalized spacial score (nSPS) is 20.2. The van der Waals surface area contributed by atoms with E-state index in [1.165, 1.54) is 6.92 Å². The Morgan fingerprint density at radius 3 is 1.17 bits per heavy atom. The fourth-order valence-corrected chi connectivity index (χ4v) is 6.58. The summed E-state index contributed by atoms with van der Waals surface area (Å²) in [5.41, 5.74) is 0. The van der Waals surface area contributed by atoms with Crippen molar-refractivity contribution in [2.45, 2.75) is 130 Å². The zero-order chi connectivity index (χ0) is 53.8. The van der Waals surface area contributed by atoms with E-state index in [2.05, 4.69) is 12.6 Å². The summed E-state index contributed by atoms with van der Waals surface area (Å²) in [5, 5.41) is 177. The zero-order valence-electron chi connectivity index (χ0n) is 37.0. The summed E-state index contributed by atoms with van der Waals surface area (Å²) in [4.78, 5) is 105. The van der Waals surface area contributed by atoms with Crippen LogP contribution in [-0.4, -0.2) is 257 Å². The second-order valence-corrected chi connectivity index (χ2v) is 16.4. The summed E-state index contributed by atoms with van der Waals surface area (Å²) >= 11 is 3.81. The number of Topliss-reactive ketones (excluding diaryl/α,β-unsaturated/α-hetero) is 4. The number of nitrogens with one attached hydrogen (secondary N) is 3. The molecule has 0 bridgehead atoms. The van der Waals surface area contributed by atoms with E-state index < -0.39 is 220 Å². The van der Waals surface area contributed by atoms with Crippen LogP contribution in [0.4, 0.5) is 0 Å². The minimum atomic E-state index is -2.73. The maximum Gasteiger partial charge on any atom is 0.307 e. The molecule has 28 nitrogen and oxygen atoms in total. The predicted octanol–water partition coefficient (Wildman–Crippen LogP) is -11.1. The van der Waals surface area contributed by atoms with Gasteiger partial charge in [0.2, 0.25) is 17.7 Å². The largest absolute Gasteiger partial charge is 0.481 e. The minimum Gasteiger partial charge on any atom is -0.481 e. The third-order valence-electron chi connectivity index (χ3n) is 10.9. The quantitative estimate of drug-likeness (QED) is 0.0259. The topological polar surface area (TPSA) is 517 Å². The molecular formula is C40H65N3O25S. The Hall–Kier alpha value is -3.73. The molecule has 0 spiro atoms. The molecule has 29 heteroatoms. The first-order valence-corrected chi connectivity index (χ1v) is 21.6. The molecular weight excluding hydrogens is 955 g/mol. The van der Waals surface area contributed by atoms with Crippen LogP contribution >= 0.6 is 12.6 Å². The van der Waals surface area contributed by atoms with Crippen LogP contribution in [0.1, 0.15) is 39.0 Å². The number of carbonyl (C=O) groups is 8. The molecule has 3 amide bonds. The van der Waals surface area contributed by atoms with Crippen molar-refractivity contribution in [3.05, 3.63) is 13.8 Å². The van der Waals surface area contributed by atoms with Crippen LogP contribution in [0, 0.1) is 37.5 Å². The lowest BCUT2D eigenvalue weighted by Gasteiger charge is -2.33. The number of carbonyl (C=O) groups excluding carboxylic acids is 7. The molecule has 0 heterocycles. The third kappa shape index (κ3) is 19.8. The molecule has 19 atom stereocenters. The van der Waals surface area contributed by atoms with Gasteiger partial charge in [-0.25, -0.2) is 0 Å². The smallest absolute Gasteiger partial charge is 0.307 e. The standard InChI is InChI=1S/C40H65N3O25S/c1-4-17(48)7-18(29(56)31(58)23(52)9-44)38(65)41-15(3)20(49)8-19(30(57)32(59)24(53)10-45)39(66)43-27(35(62)33(60)25(54)11-46)21(50)5-14(2)37(64)42-28(36(63)34(61)26(55)12-47)22(51)6-16(13-69)40(67)68/h2-3,14-16,18-19,23-36,44-47,52-63,69H,4-13H2,1H3,(H,41,65)(H,42,64)(H,43,66)(H,67,68)/t14-,15+,16+,18+,19+,23-,24-,25-,26-,27-,28-,29-,30-,31-,32-,33-,34-,35-,36-/m1/s1. The van der Waals surface area contributed by atoms with E-state index in [0.29, 0.717) is 0 Å². The highest BCUT2D eigenvalue weighted by Gasteiger charge is 2.44. The Bertz CT molecular complexity index is 1680. The minimum absolute atomic E-state index is 0.216. The van der Waals surface area contributed by atoms with Gasteiger partial charge in [0.15, 0.2) is 17.3 Å². The fraction of sp³-hybridized carbons (Fsp3) is 0.750. The Labute approximate surface area is 400 Å². The van der Waals surface area contributed by atoms with E-state index in [-0.39, 0.29) is 6.42 Å². The average molecular weight is 1020 g/mol. The Morgan fingerprint density at radius 2 is 0.812 bits per heavy atom. The molecule has 0 aromatic heterocycles. The summed E-state index contributed by atoms with van der Waals surface area (Å²) in [6, 6.07) is -7.22. The van der Waals surface area contributed by atoms with Crippen LogP contribution in [0.2, 0.25) is 0 Å². The lowest BCUT2D eigenvalue weighted by Crippen LogP contribution is -2.60. The van der Waals surface area contributed by atoms with Crippen molar-refractivity contribution in [3.63, 3.8) is 0 Å². The van der Waals surface area contributed by atoms with E-state index >= 15 is 0 Å². The van der Waals surface area contributed by atoms with Crippen LogP contribution in [0.5, 0.6) is 0 Å². The summed E-state index contributed by atoms with van der Waals surface area (Å²) in [5.74, 6) is -20.1. The number of aliphatic hydroxyl groups is 16. The number of hydrogen-bond acceptors (Lipinski definition) is 25. The number of thiol groups is 1. The molecule has 0 saturated carbocycles. The summed E-state index contributed by atoms with van der Waals surface area (Å²) in [6.07, 6.45) is -33.4. The summed E-state index contributed by atoms with van der Waals surface area (Å²) in [6.45, 7) is 8.12. The van der Waals surface area contributed by atoms with Gasteiger partial charge in [0.25, 0.3) is 0 Å². The third-order valence-corrected chi connectivity index (χ3v) is 11.3. The molecule has 0 aromatic carbocycles. The average Bonchev–Trinajstić information content (AvgIpc) is 3.33. The number of aliphatic hydroxyl groups excluding tert-OH is 16. The van der Waals surface area contributed by atoms with Crippen molar-refractivity contribution in [1.82, 2.24) is 16.0 Å². The number of amides is 3. The first-order valence-electron chi connectivity index (χ1n) is 21.0. The number of hydrogen-bond donors (Lipinski definition) is 21. The number of carboxylic acids is 1. The van der Waals surface area contributed by atoms with Gasteiger partial charge < -0.3 is 103 Å². The Kier molecular flexibility index (Phi) is 29.9. The maximum absolute atomic E-state index is 13.9. The molecule has 396 valence electrons. The highest BCUT2D eigenvalue weighted by molar-refractivity contribution is 7.80. The van der Waals surface area contributed by atoms with Crippen LogP contribution in [-0.2, 0) is 38.4 Å². The molecule has 0 aliphatic rings. The fourth-order valence-electron chi connectivity index (χ4n) is 6.29. The van der Waals surface area contributed by atoms with Gasteiger partial charge in [-0.1, -0.05) is 6.92 Å². The molecule has 4 radical (unpaired) electrons. The molecule has 69 heavy (non-hydrogen) atoms. The molecule has 0 fully saturated rings. The monoisotopic (exact) mass is 1020 g/mol. The van der Waals surface area contributed by atoms with Crippen molar-refractivity contribution in [2.75, 3.05) is 32.2 Å². The first kappa shape index (κ1) is 65.3. The second-order valence-electron chi connectivity index (χ2n) is 16.0. The van der Waals surface area contributed by atoms with E-state index in [1.54, 1.807) is 5.32 Å². The molecule has 20 N–H and O–H groups in total. The van der Waals surface area contributed by atoms with Crippen LogP contribution < -0.4 is 16.0 Å². The maximum atomic E-state index is 13.9. The van der Waals surface area contributed by atoms with E-state index in [1.807, 2.05) is 10.6 Å². The molecule has 0 aromatic rings. The highest BCUT2D eigenvalue weighted by atomic mass is 32.1. The molecule has 0 unspecified atom stereocenters. The number of carboxylic acid groups (broad SMARTS) is 1. The van der Waals surface area contributed by atoms with E-state index in [4.69, 9.17) is 19.0 Å². The number of ketones is 4. The first-order chi connectivity index (χ1) is 32.0. The van der Waals surface area contributed by atoms with Gasteiger partial charge >= 0.3 is 5.97 Å². The highest BCUT2D eigenvalue weighted by Crippen LogP contribution is 2.22. The predicted molar refractivity (Wildman–Crippen MR) is 229 cm³/mol. The summed E-state index contributed by atoms with van der Waals surface area (Å²) < 4.78 is 0. The molecule has 0 rings (SSSR count). The number of rotatable bonds is 36. The molecule has 0 aliphatic carbocycles. The van der Waals surface area contributed by atoms with Gasteiger partial charge in [-0.3, -0.25) is 38.4 Å². The van der Waals surface area contributed by atoms with Gasteiger partial charge in [0, 0.05) is 43.8 Å². The van der Waals surface area contributed by atoms with Gasteiger partial charge in [-0.15, -0.1) is 0 Å². The van der Waals surface area contributed by atoms with E-state index in [9.17, 15) is 120 Å². The van der Waals surface area contributed by atoms with Crippen molar-refractivity contribution >= 4 is 59.5 Å².